The minimum atomic E-state index is -4.34. The fourth-order valence-corrected chi connectivity index (χ4v) is 2.81. The summed E-state index contributed by atoms with van der Waals surface area (Å²) in [4.78, 5) is 15.6. The molecule has 0 aliphatic rings. The summed E-state index contributed by atoms with van der Waals surface area (Å²) < 4.78 is 37.9. The van der Waals surface area contributed by atoms with Gasteiger partial charge in [-0.3, -0.25) is 4.98 Å². The van der Waals surface area contributed by atoms with E-state index in [-0.39, 0.29) is 6.03 Å². The minimum Gasteiger partial charge on any atom is -0.338 e. The van der Waals surface area contributed by atoms with E-state index in [0.29, 0.717) is 30.2 Å². The Morgan fingerprint density at radius 1 is 1.08 bits per heavy atom. The van der Waals surface area contributed by atoms with Gasteiger partial charge >= 0.3 is 12.2 Å². The standard InChI is InChI=1S/C17H18F3N3OS/c18-17(19,20)15-3-1-2-14(10-15)11-25-12-23-16(24)22-9-6-13-4-7-21-8-5-13/h1-5,7-8,10H,6,9,11-12H2,(H2,22,23,24). The zero-order chi connectivity index (χ0) is 18.1. The Morgan fingerprint density at radius 2 is 1.84 bits per heavy atom. The molecule has 2 N–H and O–H groups in total. The van der Waals surface area contributed by atoms with Crippen LogP contribution in [0.3, 0.4) is 0 Å². The largest absolute Gasteiger partial charge is 0.416 e. The van der Waals surface area contributed by atoms with Crippen molar-refractivity contribution < 1.29 is 18.0 Å². The van der Waals surface area contributed by atoms with Crippen LogP contribution in [0, 0.1) is 0 Å². The van der Waals surface area contributed by atoms with Gasteiger partial charge < -0.3 is 10.6 Å². The number of urea groups is 1. The summed E-state index contributed by atoms with van der Waals surface area (Å²) in [6.07, 6.45) is -0.249. The maximum atomic E-state index is 12.6. The molecule has 4 nitrogen and oxygen atoms in total. The highest BCUT2D eigenvalue weighted by Crippen LogP contribution is 2.30. The number of rotatable bonds is 7. The van der Waals surface area contributed by atoms with Gasteiger partial charge in [-0.05, 0) is 35.7 Å². The molecule has 0 aliphatic carbocycles. The molecule has 0 atom stereocenters. The van der Waals surface area contributed by atoms with Gasteiger partial charge in [-0.1, -0.05) is 18.2 Å². The molecular formula is C17H18F3N3OS. The highest BCUT2D eigenvalue weighted by Gasteiger charge is 2.30. The molecule has 1 heterocycles. The van der Waals surface area contributed by atoms with Crippen molar-refractivity contribution in [1.29, 1.82) is 0 Å². The van der Waals surface area contributed by atoms with Crippen LogP contribution in [0.25, 0.3) is 0 Å². The van der Waals surface area contributed by atoms with Gasteiger partial charge in [0.15, 0.2) is 0 Å². The maximum Gasteiger partial charge on any atom is 0.416 e. The first-order valence-electron chi connectivity index (χ1n) is 7.59. The normalized spacial score (nSPS) is 11.2. The van der Waals surface area contributed by atoms with Crippen molar-refractivity contribution in [1.82, 2.24) is 15.6 Å². The third-order valence-corrected chi connectivity index (χ3v) is 4.19. The third kappa shape index (κ3) is 7.04. The number of carbonyl (C=O) groups is 1. The number of hydrogen-bond donors (Lipinski definition) is 2. The Balaban J connectivity index is 1.63. The number of alkyl halides is 3. The highest BCUT2D eigenvalue weighted by molar-refractivity contribution is 7.98. The zero-order valence-corrected chi connectivity index (χ0v) is 14.2. The fraction of sp³-hybridized carbons (Fsp3) is 0.294. The Morgan fingerprint density at radius 3 is 2.56 bits per heavy atom. The second-order valence-corrected chi connectivity index (χ2v) is 6.21. The number of thioether (sulfide) groups is 1. The fourth-order valence-electron chi connectivity index (χ4n) is 2.06. The van der Waals surface area contributed by atoms with Gasteiger partial charge in [-0.2, -0.15) is 13.2 Å². The van der Waals surface area contributed by atoms with Crippen LogP contribution in [-0.2, 0) is 18.3 Å². The van der Waals surface area contributed by atoms with E-state index in [9.17, 15) is 18.0 Å². The molecule has 0 saturated heterocycles. The Hall–Kier alpha value is -2.22. The summed E-state index contributed by atoms with van der Waals surface area (Å²) in [7, 11) is 0. The Labute approximate surface area is 148 Å². The van der Waals surface area contributed by atoms with Gasteiger partial charge in [-0.25, -0.2) is 4.79 Å². The summed E-state index contributed by atoms with van der Waals surface area (Å²) in [6, 6.07) is 8.65. The quantitative estimate of drug-likeness (QED) is 0.576. The summed E-state index contributed by atoms with van der Waals surface area (Å²) in [5.41, 5.74) is 0.987. The van der Waals surface area contributed by atoms with Crippen LogP contribution >= 0.6 is 11.8 Å². The molecule has 1 aromatic heterocycles. The molecule has 0 spiro atoms. The van der Waals surface area contributed by atoms with Crippen molar-refractivity contribution in [3.05, 3.63) is 65.5 Å². The van der Waals surface area contributed by atoms with Gasteiger partial charge in [0.05, 0.1) is 11.4 Å². The van der Waals surface area contributed by atoms with Crippen molar-refractivity contribution in [2.75, 3.05) is 12.4 Å². The molecule has 0 aliphatic heterocycles. The first kappa shape index (κ1) is 19.1. The number of nitrogens with zero attached hydrogens (tertiary/aromatic N) is 1. The van der Waals surface area contributed by atoms with Gasteiger partial charge in [0, 0.05) is 24.7 Å². The van der Waals surface area contributed by atoms with Crippen molar-refractivity contribution in [2.45, 2.75) is 18.3 Å². The molecular weight excluding hydrogens is 351 g/mol. The van der Waals surface area contributed by atoms with E-state index in [0.717, 1.165) is 17.7 Å². The SMILES string of the molecule is O=C(NCCc1ccncc1)NCSCc1cccc(C(F)(F)F)c1. The second kappa shape index (κ2) is 9.31. The number of pyridine rings is 1. The van der Waals surface area contributed by atoms with Gasteiger partial charge in [0.2, 0.25) is 0 Å². The molecule has 2 rings (SSSR count). The number of nitrogens with one attached hydrogen (secondary N) is 2. The van der Waals surface area contributed by atoms with Crippen LogP contribution in [0.4, 0.5) is 18.0 Å². The molecule has 2 amide bonds. The van der Waals surface area contributed by atoms with Gasteiger partial charge in [0.25, 0.3) is 0 Å². The summed E-state index contributed by atoms with van der Waals surface area (Å²) in [6.45, 7) is 0.494. The lowest BCUT2D eigenvalue weighted by atomic mass is 10.1. The van der Waals surface area contributed by atoms with Gasteiger partial charge in [-0.15, -0.1) is 11.8 Å². The molecule has 0 unspecified atom stereocenters. The predicted molar refractivity (Wildman–Crippen MR) is 92.1 cm³/mol. The maximum absolute atomic E-state index is 12.6. The average molecular weight is 369 g/mol. The molecule has 134 valence electrons. The first-order chi connectivity index (χ1) is 11.9. The predicted octanol–water partition coefficient (Wildman–Crippen LogP) is 3.83. The van der Waals surface area contributed by atoms with Crippen LogP contribution < -0.4 is 10.6 Å². The van der Waals surface area contributed by atoms with E-state index in [2.05, 4.69) is 15.6 Å². The molecule has 0 radical (unpaired) electrons. The molecule has 0 bridgehead atoms. The molecule has 1 aromatic carbocycles. The summed E-state index contributed by atoms with van der Waals surface area (Å²) in [5, 5.41) is 5.39. The van der Waals surface area contributed by atoms with Crippen molar-refractivity contribution >= 4 is 17.8 Å². The van der Waals surface area contributed by atoms with E-state index in [4.69, 9.17) is 0 Å². The minimum absolute atomic E-state index is 0.300. The molecule has 2 aromatic rings. The number of benzene rings is 1. The zero-order valence-electron chi connectivity index (χ0n) is 13.3. The Kier molecular flexibility index (Phi) is 7.12. The molecule has 25 heavy (non-hydrogen) atoms. The smallest absolute Gasteiger partial charge is 0.338 e. The van der Waals surface area contributed by atoms with Crippen molar-refractivity contribution in [3.8, 4) is 0 Å². The number of amides is 2. The highest BCUT2D eigenvalue weighted by atomic mass is 32.2. The topological polar surface area (TPSA) is 54.0 Å². The van der Waals surface area contributed by atoms with Crippen LogP contribution in [0.15, 0.2) is 48.8 Å². The lowest BCUT2D eigenvalue weighted by Crippen LogP contribution is -2.36. The van der Waals surface area contributed by atoms with Crippen LogP contribution in [0.5, 0.6) is 0 Å². The van der Waals surface area contributed by atoms with E-state index in [1.54, 1.807) is 18.5 Å². The van der Waals surface area contributed by atoms with E-state index in [1.165, 1.54) is 17.8 Å². The van der Waals surface area contributed by atoms with Crippen LogP contribution in [0.2, 0.25) is 0 Å². The van der Waals surface area contributed by atoms with Crippen molar-refractivity contribution in [3.63, 3.8) is 0 Å². The van der Waals surface area contributed by atoms with E-state index >= 15 is 0 Å². The second-order valence-electron chi connectivity index (χ2n) is 5.23. The molecule has 0 fully saturated rings. The Bertz CT molecular complexity index is 680. The molecule has 8 heteroatoms. The van der Waals surface area contributed by atoms with Crippen LogP contribution in [0.1, 0.15) is 16.7 Å². The lowest BCUT2D eigenvalue weighted by molar-refractivity contribution is -0.137. The average Bonchev–Trinajstić information content (AvgIpc) is 2.59. The number of hydrogen-bond acceptors (Lipinski definition) is 3. The third-order valence-electron chi connectivity index (χ3n) is 3.31. The van der Waals surface area contributed by atoms with Crippen LogP contribution in [-0.4, -0.2) is 23.4 Å². The van der Waals surface area contributed by atoms with E-state index in [1.807, 2.05) is 12.1 Å². The monoisotopic (exact) mass is 369 g/mol. The summed E-state index contributed by atoms with van der Waals surface area (Å²) in [5.74, 6) is 0.707. The number of halogens is 3. The first-order valence-corrected chi connectivity index (χ1v) is 8.75. The van der Waals surface area contributed by atoms with E-state index < -0.39 is 11.7 Å². The van der Waals surface area contributed by atoms with Gasteiger partial charge in [0.1, 0.15) is 0 Å². The summed E-state index contributed by atoms with van der Waals surface area (Å²) >= 11 is 1.34. The number of aromatic nitrogens is 1. The lowest BCUT2D eigenvalue weighted by Gasteiger charge is -2.09. The molecule has 0 saturated carbocycles. The number of carbonyl (C=O) groups excluding carboxylic acids is 1. The van der Waals surface area contributed by atoms with Crippen molar-refractivity contribution in [2.24, 2.45) is 0 Å².